The summed E-state index contributed by atoms with van der Waals surface area (Å²) in [5.41, 5.74) is 1.89. The second-order valence-electron chi connectivity index (χ2n) is 7.99. The Morgan fingerprint density at radius 2 is 2.06 bits per heavy atom. The number of benzene rings is 1. The van der Waals surface area contributed by atoms with Crippen LogP contribution < -0.4 is 10.6 Å². The molecule has 2 N–H and O–H groups in total. The van der Waals surface area contributed by atoms with Crippen LogP contribution in [-0.2, 0) is 14.3 Å². The number of carbonyl (C=O) groups is 3. The molecule has 32 heavy (non-hydrogen) atoms. The van der Waals surface area contributed by atoms with Crippen molar-refractivity contribution in [3.63, 3.8) is 0 Å². The van der Waals surface area contributed by atoms with Gasteiger partial charge in [-0.3, -0.25) is 14.5 Å². The Hall–Kier alpha value is -2.78. The summed E-state index contributed by atoms with van der Waals surface area (Å²) in [6.07, 6.45) is 2.35. The summed E-state index contributed by atoms with van der Waals surface area (Å²) >= 11 is 1.46. The van der Waals surface area contributed by atoms with Crippen LogP contribution in [0.25, 0.3) is 0 Å². The summed E-state index contributed by atoms with van der Waals surface area (Å²) in [5, 5.41) is 6.36. The van der Waals surface area contributed by atoms with Crippen molar-refractivity contribution in [1.82, 2.24) is 9.88 Å². The Morgan fingerprint density at radius 3 is 2.78 bits per heavy atom. The number of ether oxygens (including phenoxy) is 1. The van der Waals surface area contributed by atoms with Gasteiger partial charge in [-0.2, -0.15) is 0 Å². The average molecular weight is 459 g/mol. The van der Waals surface area contributed by atoms with Crippen LogP contribution in [0.3, 0.4) is 0 Å². The maximum absolute atomic E-state index is 12.8. The normalized spacial score (nSPS) is 16.4. The molecule has 0 spiro atoms. The highest BCUT2D eigenvalue weighted by atomic mass is 32.1. The van der Waals surface area contributed by atoms with Gasteiger partial charge in [0.15, 0.2) is 5.13 Å². The smallest absolute Gasteiger partial charge is 0.338 e. The second kappa shape index (κ2) is 11.2. The van der Waals surface area contributed by atoms with Crippen molar-refractivity contribution >= 4 is 39.9 Å². The second-order valence-corrected chi connectivity index (χ2v) is 9.19. The van der Waals surface area contributed by atoms with Crippen LogP contribution in [-0.4, -0.2) is 53.9 Å². The van der Waals surface area contributed by atoms with Crippen molar-refractivity contribution in [3.8, 4) is 0 Å². The molecule has 172 valence electrons. The number of nitrogens with zero attached hydrogens (tertiary/aromatic N) is 2. The Kier molecular flexibility index (Phi) is 8.35. The van der Waals surface area contributed by atoms with E-state index in [4.69, 9.17) is 4.74 Å². The molecule has 0 radical (unpaired) electrons. The molecule has 9 heteroatoms. The molecule has 1 aliphatic heterocycles. The molecule has 1 aliphatic rings. The Morgan fingerprint density at radius 1 is 1.25 bits per heavy atom. The van der Waals surface area contributed by atoms with Gasteiger partial charge in [-0.1, -0.05) is 13.0 Å². The maximum atomic E-state index is 12.8. The first kappa shape index (κ1) is 23.9. The van der Waals surface area contributed by atoms with Gasteiger partial charge in [0.05, 0.1) is 30.3 Å². The number of amides is 2. The number of likely N-dealkylation sites (tertiary alicyclic amines) is 1. The van der Waals surface area contributed by atoms with Gasteiger partial charge in [0.2, 0.25) is 11.8 Å². The van der Waals surface area contributed by atoms with E-state index in [0.717, 1.165) is 36.4 Å². The number of aromatic nitrogens is 1. The molecule has 0 saturated carbocycles. The lowest BCUT2D eigenvalue weighted by atomic mass is 9.97. The van der Waals surface area contributed by atoms with Gasteiger partial charge in [-0.25, -0.2) is 9.78 Å². The van der Waals surface area contributed by atoms with Crippen molar-refractivity contribution in [2.24, 2.45) is 5.92 Å². The van der Waals surface area contributed by atoms with E-state index in [1.165, 1.54) is 11.3 Å². The SMILES string of the molecule is CCCOC(=O)c1cccc(NC(=O)C2CCCN(CC(=O)Nc3nc(C)c(C)s3)C2)c1. The van der Waals surface area contributed by atoms with Gasteiger partial charge in [0, 0.05) is 17.1 Å². The third-order valence-corrected chi connectivity index (χ3v) is 6.31. The first-order valence-electron chi connectivity index (χ1n) is 10.9. The number of aryl methyl sites for hydroxylation is 2. The van der Waals surface area contributed by atoms with Crippen LogP contribution >= 0.6 is 11.3 Å². The van der Waals surface area contributed by atoms with Gasteiger partial charge in [0.1, 0.15) is 0 Å². The van der Waals surface area contributed by atoms with Crippen LogP contribution in [0.2, 0.25) is 0 Å². The number of hydrogen-bond acceptors (Lipinski definition) is 7. The first-order chi connectivity index (χ1) is 15.4. The van der Waals surface area contributed by atoms with Gasteiger partial charge < -0.3 is 15.4 Å². The highest BCUT2D eigenvalue weighted by molar-refractivity contribution is 7.15. The van der Waals surface area contributed by atoms with Gasteiger partial charge in [0.25, 0.3) is 0 Å². The zero-order valence-electron chi connectivity index (χ0n) is 18.8. The molecule has 0 aliphatic carbocycles. The number of thiazole rings is 1. The fraction of sp³-hybridized carbons (Fsp3) is 0.478. The summed E-state index contributed by atoms with van der Waals surface area (Å²) in [4.78, 5) is 44.7. The third kappa shape index (κ3) is 6.61. The molecule has 2 heterocycles. The molecule has 8 nitrogen and oxygen atoms in total. The molecule has 1 saturated heterocycles. The summed E-state index contributed by atoms with van der Waals surface area (Å²) in [5.74, 6) is -0.863. The lowest BCUT2D eigenvalue weighted by Gasteiger charge is -2.31. The fourth-order valence-electron chi connectivity index (χ4n) is 3.55. The van der Waals surface area contributed by atoms with Gasteiger partial charge in [-0.15, -0.1) is 11.3 Å². The number of carbonyl (C=O) groups excluding carboxylic acids is 3. The number of anilines is 2. The van der Waals surface area contributed by atoms with E-state index >= 15 is 0 Å². The Bertz CT molecular complexity index is 955. The molecule has 1 aromatic heterocycles. The molecule has 2 amide bonds. The number of esters is 1. The summed E-state index contributed by atoms with van der Waals surface area (Å²) in [6, 6.07) is 6.76. The van der Waals surface area contributed by atoms with E-state index < -0.39 is 5.97 Å². The Labute approximate surface area is 192 Å². The van der Waals surface area contributed by atoms with E-state index in [1.807, 2.05) is 25.7 Å². The van der Waals surface area contributed by atoms with Crippen molar-refractivity contribution in [2.45, 2.75) is 40.0 Å². The van der Waals surface area contributed by atoms with E-state index in [1.54, 1.807) is 24.3 Å². The average Bonchev–Trinajstić information content (AvgIpc) is 3.08. The topological polar surface area (TPSA) is 101 Å². The van der Waals surface area contributed by atoms with Crippen molar-refractivity contribution in [3.05, 3.63) is 40.4 Å². The molecular weight excluding hydrogens is 428 g/mol. The monoisotopic (exact) mass is 458 g/mol. The minimum Gasteiger partial charge on any atom is -0.462 e. The number of rotatable bonds is 8. The maximum Gasteiger partial charge on any atom is 0.338 e. The Balaban J connectivity index is 1.53. The standard InChI is InChI=1S/C23H30N4O4S/c1-4-11-31-22(30)17-7-5-9-19(12-17)25-21(29)18-8-6-10-27(13-18)14-20(28)26-23-24-15(2)16(3)32-23/h5,7,9,12,18H,4,6,8,10-11,13-14H2,1-3H3,(H,25,29)(H,24,26,28). The lowest BCUT2D eigenvalue weighted by Crippen LogP contribution is -2.44. The van der Waals surface area contributed by atoms with Crippen LogP contribution in [0.15, 0.2) is 24.3 Å². The fourth-order valence-corrected chi connectivity index (χ4v) is 4.38. The molecule has 3 rings (SSSR count). The summed E-state index contributed by atoms with van der Waals surface area (Å²) in [7, 11) is 0. The third-order valence-electron chi connectivity index (χ3n) is 5.32. The van der Waals surface area contributed by atoms with Crippen molar-refractivity contribution in [1.29, 1.82) is 0 Å². The number of piperidine rings is 1. The van der Waals surface area contributed by atoms with Gasteiger partial charge >= 0.3 is 5.97 Å². The molecule has 1 atom stereocenters. The van der Waals surface area contributed by atoms with Crippen LogP contribution in [0.1, 0.15) is 47.1 Å². The largest absolute Gasteiger partial charge is 0.462 e. The molecule has 1 aromatic carbocycles. The lowest BCUT2D eigenvalue weighted by molar-refractivity contribution is -0.123. The molecule has 2 aromatic rings. The predicted molar refractivity (Wildman–Crippen MR) is 125 cm³/mol. The minimum atomic E-state index is -0.400. The van der Waals surface area contributed by atoms with Crippen LogP contribution in [0.5, 0.6) is 0 Å². The molecule has 0 bridgehead atoms. The van der Waals surface area contributed by atoms with E-state index in [9.17, 15) is 14.4 Å². The van der Waals surface area contributed by atoms with Crippen LogP contribution in [0, 0.1) is 19.8 Å². The minimum absolute atomic E-state index is 0.111. The molecule has 1 unspecified atom stereocenters. The van der Waals surface area contributed by atoms with Gasteiger partial charge in [-0.05, 0) is 57.9 Å². The molecular formula is C23H30N4O4S. The number of nitrogens with one attached hydrogen (secondary N) is 2. The van der Waals surface area contributed by atoms with E-state index in [2.05, 4.69) is 15.6 Å². The van der Waals surface area contributed by atoms with Crippen LogP contribution in [0.4, 0.5) is 10.8 Å². The highest BCUT2D eigenvalue weighted by Gasteiger charge is 2.27. The predicted octanol–water partition coefficient (Wildman–Crippen LogP) is 3.62. The molecule has 1 fully saturated rings. The van der Waals surface area contributed by atoms with E-state index in [0.29, 0.717) is 29.5 Å². The summed E-state index contributed by atoms with van der Waals surface area (Å²) < 4.78 is 5.16. The summed E-state index contributed by atoms with van der Waals surface area (Å²) in [6.45, 7) is 7.68. The zero-order chi connectivity index (χ0) is 23.1. The number of hydrogen-bond donors (Lipinski definition) is 2. The van der Waals surface area contributed by atoms with Crippen molar-refractivity contribution in [2.75, 3.05) is 36.9 Å². The first-order valence-corrected chi connectivity index (χ1v) is 11.7. The zero-order valence-corrected chi connectivity index (χ0v) is 19.6. The van der Waals surface area contributed by atoms with Crippen molar-refractivity contribution < 1.29 is 19.1 Å². The van der Waals surface area contributed by atoms with E-state index in [-0.39, 0.29) is 24.3 Å². The quantitative estimate of drug-likeness (QED) is 0.586. The highest BCUT2D eigenvalue weighted by Crippen LogP contribution is 2.22.